The molecule has 4 aromatic rings. The molecule has 8 nitrogen and oxygen atoms in total. The zero-order chi connectivity index (χ0) is 17.5. The Bertz CT molecular complexity index is 1170. The molecular weight excluding hydrogens is 332 g/mol. The third-order valence-electron chi connectivity index (χ3n) is 4.33. The van der Waals surface area contributed by atoms with Crippen LogP contribution in [0, 0.1) is 0 Å². The number of anilines is 1. The van der Waals surface area contributed by atoms with Crippen LogP contribution in [0.15, 0.2) is 53.6 Å². The quantitative estimate of drug-likeness (QED) is 0.590. The molecule has 0 atom stereocenters. The maximum absolute atomic E-state index is 12.7. The van der Waals surface area contributed by atoms with E-state index in [0.717, 1.165) is 29.9 Å². The Kier molecular flexibility index (Phi) is 3.21. The summed E-state index contributed by atoms with van der Waals surface area (Å²) < 4.78 is 7.57. The van der Waals surface area contributed by atoms with Gasteiger partial charge < -0.3 is 10.1 Å². The van der Waals surface area contributed by atoms with Gasteiger partial charge in [-0.3, -0.25) is 14.5 Å². The summed E-state index contributed by atoms with van der Waals surface area (Å²) in [4.78, 5) is 19.5. The molecule has 4 heterocycles. The molecule has 3 aromatic heterocycles. The lowest BCUT2D eigenvalue weighted by molar-refractivity contribution is 0.477. The fourth-order valence-corrected chi connectivity index (χ4v) is 3.22. The summed E-state index contributed by atoms with van der Waals surface area (Å²) in [6.45, 7) is 0.774. The van der Waals surface area contributed by atoms with Crippen LogP contribution >= 0.6 is 0 Å². The number of fused-ring (bicyclic) bond motifs is 3. The normalized spacial score (nSPS) is 12.8. The molecule has 0 radical (unpaired) electrons. The molecule has 128 valence electrons. The number of benzene rings is 1. The second-order valence-electron chi connectivity index (χ2n) is 5.93. The van der Waals surface area contributed by atoms with Gasteiger partial charge in [-0.25, -0.2) is 4.79 Å². The minimum Gasteiger partial charge on any atom is -0.454 e. The van der Waals surface area contributed by atoms with E-state index in [0.29, 0.717) is 22.8 Å². The first kappa shape index (κ1) is 14.6. The molecule has 0 unspecified atom stereocenters. The number of aromatic amines is 1. The number of hydrogen-bond donors (Lipinski definition) is 2. The maximum atomic E-state index is 12.7. The summed E-state index contributed by atoms with van der Waals surface area (Å²) in [7, 11) is 0. The molecule has 0 fully saturated rings. The fraction of sp³-hybridized carbons (Fsp3) is 0.111. The molecule has 0 saturated heterocycles. The first-order valence-electron chi connectivity index (χ1n) is 8.23. The standard InChI is InChI=1S/C18H14N6O2/c25-18-21-17-15(12-7-9-20-16(12)22-23-17)24(18)13-5-1-2-6-14(13)26-11-4-3-8-19-10-11/h1-6,8,10H,7,9H2,(H,20,22)(H,21,23,25). The second kappa shape index (κ2) is 5.69. The van der Waals surface area contributed by atoms with Crippen molar-refractivity contribution in [3.63, 3.8) is 0 Å². The van der Waals surface area contributed by atoms with Crippen LogP contribution in [-0.2, 0) is 6.42 Å². The molecule has 0 bridgehead atoms. The lowest BCUT2D eigenvalue weighted by atomic mass is 10.2. The Morgan fingerprint density at radius 1 is 1.12 bits per heavy atom. The molecule has 1 aromatic carbocycles. The van der Waals surface area contributed by atoms with Crippen LogP contribution in [0.25, 0.3) is 16.9 Å². The molecule has 0 spiro atoms. The average Bonchev–Trinajstić information content (AvgIpc) is 3.26. The van der Waals surface area contributed by atoms with E-state index in [2.05, 4.69) is 25.5 Å². The maximum Gasteiger partial charge on any atom is 0.332 e. The van der Waals surface area contributed by atoms with Gasteiger partial charge in [0.05, 0.1) is 11.9 Å². The summed E-state index contributed by atoms with van der Waals surface area (Å²) in [5.41, 5.74) is 2.52. The van der Waals surface area contributed by atoms with Crippen LogP contribution in [0.4, 0.5) is 5.82 Å². The predicted molar refractivity (Wildman–Crippen MR) is 96.0 cm³/mol. The van der Waals surface area contributed by atoms with Crippen LogP contribution in [0.2, 0.25) is 0 Å². The van der Waals surface area contributed by atoms with Crippen molar-refractivity contribution < 1.29 is 4.74 Å². The van der Waals surface area contributed by atoms with E-state index < -0.39 is 0 Å². The minimum atomic E-state index is -0.281. The Balaban J connectivity index is 1.73. The lowest BCUT2D eigenvalue weighted by Crippen LogP contribution is -2.15. The van der Waals surface area contributed by atoms with Crippen LogP contribution in [0.3, 0.4) is 0 Å². The van der Waals surface area contributed by atoms with E-state index in [1.807, 2.05) is 30.3 Å². The molecule has 2 N–H and O–H groups in total. The first-order valence-corrected chi connectivity index (χ1v) is 8.23. The molecule has 0 amide bonds. The Hall–Kier alpha value is -3.68. The van der Waals surface area contributed by atoms with Crippen molar-refractivity contribution in [2.75, 3.05) is 11.9 Å². The summed E-state index contributed by atoms with van der Waals surface area (Å²) in [5, 5.41) is 11.5. The van der Waals surface area contributed by atoms with Crippen LogP contribution in [0.1, 0.15) is 5.56 Å². The summed E-state index contributed by atoms with van der Waals surface area (Å²) in [6, 6.07) is 11.0. The molecule has 8 heteroatoms. The highest BCUT2D eigenvalue weighted by atomic mass is 16.5. The van der Waals surface area contributed by atoms with Gasteiger partial charge in [0, 0.05) is 18.3 Å². The molecule has 26 heavy (non-hydrogen) atoms. The Labute approximate surface area is 147 Å². The van der Waals surface area contributed by atoms with E-state index in [1.54, 1.807) is 23.0 Å². The molecule has 0 saturated carbocycles. The zero-order valence-electron chi connectivity index (χ0n) is 13.6. The summed E-state index contributed by atoms with van der Waals surface area (Å²) in [5.74, 6) is 1.87. The van der Waals surface area contributed by atoms with Crippen LogP contribution < -0.4 is 15.7 Å². The number of nitrogens with zero attached hydrogens (tertiary/aromatic N) is 4. The number of nitrogens with one attached hydrogen (secondary N) is 2. The number of rotatable bonds is 3. The topological polar surface area (TPSA) is 97.7 Å². The van der Waals surface area contributed by atoms with Gasteiger partial charge in [-0.05, 0) is 30.7 Å². The number of imidazole rings is 1. The Morgan fingerprint density at radius 2 is 2.04 bits per heavy atom. The van der Waals surface area contributed by atoms with E-state index in [4.69, 9.17) is 4.74 Å². The highest BCUT2D eigenvalue weighted by Crippen LogP contribution is 2.32. The molecular formula is C18H14N6O2. The fourth-order valence-electron chi connectivity index (χ4n) is 3.22. The average molecular weight is 346 g/mol. The van der Waals surface area contributed by atoms with Crippen molar-refractivity contribution in [3.05, 3.63) is 64.8 Å². The van der Waals surface area contributed by atoms with Gasteiger partial charge in [0.2, 0.25) is 0 Å². The SMILES string of the molecule is O=c1[nH]c2nnc3c(c2n1-c1ccccc1Oc1cccnc1)CCN3. The van der Waals surface area contributed by atoms with Gasteiger partial charge in [-0.15, -0.1) is 10.2 Å². The second-order valence-corrected chi connectivity index (χ2v) is 5.93. The van der Waals surface area contributed by atoms with E-state index in [1.165, 1.54) is 0 Å². The number of aromatic nitrogens is 5. The van der Waals surface area contributed by atoms with Crippen molar-refractivity contribution >= 4 is 17.0 Å². The first-order chi connectivity index (χ1) is 12.8. The van der Waals surface area contributed by atoms with Crippen molar-refractivity contribution in [1.82, 2.24) is 24.7 Å². The van der Waals surface area contributed by atoms with Gasteiger partial charge >= 0.3 is 5.69 Å². The smallest absolute Gasteiger partial charge is 0.332 e. The monoisotopic (exact) mass is 346 g/mol. The van der Waals surface area contributed by atoms with Gasteiger partial charge in [0.15, 0.2) is 17.2 Å². The van der Waals surface area contributed by atoms with Crippen molar-refractivity contribution in [2.45, 2.75) is 6.42 Å². The van der Waals surface area contributed by atoms with Crippen molar-refractivity contribution in [3.8, 4) is 17.2 Å². The van der Waals surface area contributed by atoms with Crippen LogP contribution in [-0.4, -0.2) is 31.3 Å². The van der Waals surface area contributed by atoms with Gasteiger partial charge in [-0.2, -0.15) is 0 Å². The number of hydrogen-bond acceptors (Lipinski definition) is 6. The van der Waals surface area contributed by atoms with Gasteiger partial charge in [0.1, 0.15) is 11.3 Å². The summed E-state index contributed by atoms with van der Waals surface area (Å²) >= 11 is 0. The van der Waals surface area contributed by atoms with Gasteiger partial charge in [0.25, 0.3) is 0 Å². The van der Waals surface area contributed by atoms with E-state index in [9.17, 15) is 4.79 Å². The third-order valence-corrected chi connectivity index (χ3v) is 4.33. The van der Waals surface area contributed by atoms with Crippen molar-refractivity contribution in [2.24, 2.45) is 0 Å². The molecule has 0 aliphatic carbocycles. The number of para-hydroxylation sites is 2. The zero-order valence-corrected chi connectivity index (χ0v) is 13.6. The highest BCUT2D eigenvalue weighted by Gasteiger charge is 2.23. The largest absolute Gasteiger partial charge is 0.454 e. The minimum absolute atomic E-state index is 0.281. The third kappa shape index (κ3) is 2.23. The molecule has 1 aliphatic rings. The van der Waals surface area contributed by atoms with Crippen molar-refractivity contribution in [1.29, 1.82) is 0 Å². The Morgan fingerprint density at radius 3 is 2.92 bits per heavy atom. The predicted octanol–water partition coefficient (Wildman–Crippen LogP) is 2.26. The highest BCUT2D eigenvalue weighted by molar-refractivity contribution is 5.82. The molecule has 5 rings (SSSR count). The van der Waals surface area contributed by atoms with E-state index in [-0.39, 0.29) is 5.69 Å². The number of H-pyrrole nitrogens is 1. The lowest BCUT2D eigenvalue weighted by Gasteiger charge is -2.12. The van der Waals surface area contributed by atoms with Crippen LogP contribution in [0.5, 0.6) is 11.5 Å². The molecule has 1 aliphatic heterocycles. The number of pyridine rings is 1. The van der Waals surface area contributed by atoms with E-state index >= 15 is 0 Å². The number of ether oxygens (including phenoxy) is 1. The summed E-state index contributed by atoms with van der Waals surface area (Å²) in [6.07, 6.45) is 4.09. The van der Waals surface area contributed by atoms with Gasteiger partial charge in [-0.1, -0.05) is 12.1 Å².